The van der Waals surface area contributed by atoms with Crippen LogP contribution in [0.5, 0.6) is 0 Å². The van der Waals surface area contributed by atoms with Gasteiger partial charge in [0.1, 0.15) is 30.2 Å². The lowest BCUT2D eigenvalue weighted by Crippen LogP contribution is -2.61. The molecule has 424 valence electrons. The predicted molar refractivity (Wildman–Crippen MR) is 288 cm³/mol. The zero-order valence-corrected chi connectivity index (χ0v) is 46.0. The molecule has 2 aromatic heterocycles. The number of nitrogens with zero attached hydrogens (tertiary/aromatic N) is 4. The Balaban J connectivity index is 0.821. The van der Waals surface area contributed by atoms with Crippen molar-refractivity contribution in [1.29, 1.82) is 0 Å². The van der Waals surface area contributed by atoms with Crippen molar-refractivity contribution in [2.75, 3.05) is 33.2 Å². The first-order valence-corrected chi connectivity index (χ1v) is 29.6. The Morgan fingerprint density at radius 2 is 1.73 bits per heavy atom. The Hall–Kier alpha value is -6.94. The molecule has 0 bridgehead atoms. The number of halogens is 2. The van der Waals surface area contributed by atoms with Crippen LogP contribution in [0.3, 0.4) is 0 Å². The summed E-state index contributed by atoms with van der Waals surface area (Å²) in [6.45, 7) is 1.55. The molecular weight excluding hydrogens is 1100 g/mol. The highest BCUT2D eigenvalue weighted by atomic mass is 32.1. The highest BCUT2D eigenvalue weighted by Crippen LogP contribution is 2.59. The monoisotopic (exact) mass is 1160 g/mol. The minimum Gasteiger partial charge on any atom is -0.370 e. The van der Waals surface area contributed by atoms with E-state index in [0.717, 1.165) is 35.5 Å². The number of fused-ring (bicyclic) bond motifs is 3. The molecule has 5 aliphatic heterocycles. The van der Waals surface area contributed by atoms with Gasteiger partial charge < -0.3 is 51.1 Å². The summed E-state index contributed by atoms with van der Waals surface area (Å²) in [5.74, 6) is 1.75. The largest absolute Gasteiger partial charge is 0.399 e. The van der Waals surface area contributed by atoms with Crippen molar-refractivity contribution in [3.63, 3.8) is 0 Å². The van der Waals surface area contributed by atoms with Crippen LogP contribution >= 0.6 is 30.3 Å². The van der Waals surface area contributed by atoms with E-state index in [1.54, 1.807) is 41.6 Å². The van der Waals surface area contributed by atoms with Crippen LogP contribution in [-0.4, -0.2) is 146 Å². The number of likely N-dealkylation sites (tertiary alicyclic amines) is 1. The maximum Gasteiger partial charge on any atom is 0.399 e. The number of imide groups is 1. The van der Waals surface area contributed by atoms with Crippen LogP contribution in [-0.2, 0) is 50.3 Å². The molecule has 7 heterocycles. The number of primary amides is 1. The fourth-order valence-electron chi connectivity index (χ4n) is 11.2. The van der Waals surface area contributed by atoms with E-state index in [2.05, 4.69) is 33.1 Å². The number of piperidine rings is 2. The molecule has 6 atom stereocenters. The lowest BCUT2D eigenvalue weighted by molar-refractivity contribution is -0.144. The molecule has 4 fully saturated rings. The number of amides is 9. The van der Waals surface area contributed by atoms with Crippen LogP contribution in [0.15, 0.2) is 60.0 Å². The summed E-state index contributed by atoms with van der Waals surface area (Å²) in [5.41, 5.74) is 2.05. The molecule has 0 radical (unpaired) electrons. The number of rotatable bonds is 16. The Kier molecular flexibility index (Phi) is 17.3. The highest BCUT2D eigenvalue weighted by Gasteiger charge is 2.51. The number of benzene rings is 2. The first-order valence-electron chi connectivity index (χ1n) is 26.3. The van der Waals surface area contributed by atoms with Gasteiger partial charge in [-0.3, -0.25) is 53.0 Å². The van der Waals surface area contributed by atoms with Gasteiger partial charge in [0.15, 0.2) is 0 Å². The summed E-state index contributed by atoms with van der Waals surface area (Å²) in [5, 5.41) is 12.5. The van der Waals surface area contributed by atoms with Gasteiger partial charge in [-0.1, -0.05) is 30.0 Å². The average molecular weight is 1160 g/mol. The maximum atomic E-state index is 14.5. The number of nitrogens with two attached hydrogens (primary N) is 1. The van der Waals surface area contributed by atoms with Crippen molar-refractivity contribution >= 4 is 93.5 Å². The summed E-state index contributed by atoms with van der Waals surface area (Å²) in [4.78, 5) is 147. The van der Waals surface area contributed by atoms with Crippen LogP contribution in [0, 0.1) is 17.8 Å². The third-order valence-electron chi connectivity index (χ3n) is 15.5. The molecule has 80 heavy (non-hydrogen) atoms. The van der Waals surface area contributed by atoms with Crippen LogP contribution in [0.25, 0.3) is 10.1 Å². The van der Waals surface area contributed by atoms with Gasteiger partial charge in [-0.05, 0) is 124 Å². The fourth-order valence-corrected chi connectivity index (χ4v) is 13.4. The molecule has 1 unspecified atom stereocenters. The summed E-state index contributed by atoms with van der Waals surface area (Å²) in [6.07, 6.45) is 3.65. The van der Waals surface area contributed by atoms with Gasteiger partial charge in [0.05, 0.1) is 4.88 Å². The van der Waals surface area contributed by atoms with Crippen molar-refractivity contribution in [1.82, 2.24) is 40.9 Å². The minimum atomic E-state index is -5.86. The number of thiophene rings is 2. The quantitative estimate of drug-likeness (QED) is 0.0482. The Bertz CT molecular complexity index is 3240. The summed E-state index contributed by atoms with van der Waals surface area (Å²) >= 11 is 2.18. The fraction of sp³-hybridized carbons (Fsp3) is 0.463. The standard InChI is InChI=1S/C54H60F2N9O12PS2/c1-62-22-21-34-12-14-40(65(34)52(73)38(29-62)59-50(71)43-27-32-26-33(11-16-41(32)80-43)54(55,56)78(75,76)77)49(70)58-37(13-17-44(57)66)47(68)61-46(42-10-5-25-79-42)53(74)63-23-19-30(20-24-63)6-2-3-7-31-8-4-9-35-36(31)28-64(51(35)72)39-15-18-45(67)60-48(39)69/h4-5,8-11,16,25-27,30,34,37-40,46H,2,6,12-15,17-24,28-29H2,1H3,(H2,57,66)(H,58,70)(H,59,71)(H,61,68)(H,60,67,69)(H2,75,76,77)/t34-,37+,38+,39?,40+,46+/m1/s1. The van der Waals surface area contributed by atoms with Crippen molar-refractivity contribution in [3.05, 3.63) is 92.0 Å². The normalized spacial score (nSPS) is 21.8. The zero-order chi connectivity index (χ0) is 57.2. The predicted octanol–water partition coefficient (Wildman–Crippen LogP) is 3.42. The van der Waals surface area contributed by atoms with Crippen molar-refractivity contribution in [3.8, 4) is 11.8 Å². The lowest BCUT2D eigenvalue weighted by Gasteiger charge is -2.38. The average Bonchev–Trinajstić information content (AvgIpc) is 4.30. The van der Waals surface area contributed by atoms with Gasteiger partial charge in [0.2, 0.25) is 35.4 Å². The van der Waals surface area contributed by atoms with Gasteiger partial charge >= 0.3 is 13.3 Å². The zero-order valence-electron chi connectivity index (χ0n) is 43.5. The molecule has 0 spiro atoms. The maximum absolute atomic E-state index is 14.5. The number of hydrogen-bond acceptors (Lipinski definition) is 13. The number of carbonyl (C=O) groups excluding carboxylic acids is 9. The number of carbonyl (C=O) groups is 9. The SMILES string of the molecule is CN1CC[C@H]2CC[C@@H](C(=O)N[C@@H](CCC(N)=O)C(=O)N[C@H](C(=O)N3CCC(CCC#Cc4cccc5c4CN(C4CCC(=O)NC4=O)C5=O)CC3)c3cccs3)N2C(=O)[C@@H](NC(=O)c2cc3cc(C(F)(F)P(=O)(O)O)ccc3s2)C1. The molecular formula is C54H60F2N9O12PS2. The van der Waals surface area contributed by atoms with E-state index in [4.69, 9.17) is 5.73 Å². The summed E-state index contributed by atoms with van der Waals surface area (Å²) in [7, 11) is -4.09. The van der Waals surface area contributed by atoms with E-state index in [1.807, 2.05) is 11.0 Å². The van der Waals surface area contributed by atoms with Crippen LogP contribution in [0.2, 0.25) is 0 Å². The van der Waals surface area contributed by atoms with Crippen LogP contribution < -0.4 is 27.0 Å². The molecule has 0 aliphatic carbocycles. The van der Waals surface area contributed by atoms with Crippen LogP contribution in [0.1, 0.15) is 118 Å². The second-order valence-corrected chi connectivity index (χ2v) is 24.6. The number of hydrogen-bond donors (Lipinski definition) is 7. The van der Waals surface area contributed by atoms with E-state index in [1.165, 1.54) is 33.3 Å². The molecule has 9 amide bonds. The molecule has 5 aliphatic rings. The van der Waals surface area contributed by atoms with E-state index in [0.29, 0.717) is 72.4 Å². The van der Waals surface area contributed by atoms with Gasteiger partial charge in [0.25, 0.3) is 17.7 Å². The van der Waals surface area contributed by atoms with Gasteiger partial charge in [0, 0.05) is 77.8 Å². The Labute approximate surface area is 466 Å². The van der Waals surface area contributed by atoms with Gasteiger partial charge in [-0.2, -0.15) is 8.78 Å². The molecule has 26 heteroatoms. The Morgan fingerprint density at radius 3 is 2.44 bits per heavy atom. The van der Waals surface area contributed by atoms with Gasteiger partial charge in [-0.25, -0.2) is 0 Å². The van der Waals surface area contributed by atoms with E-state index in [9.17, 15) is 66.3 Å². The molecule has 4 aromatic rings. The number of nitrogens with one attached hydrogen (secondary N) is 4. The van der Waals surface area contributed by atoms with Crippen LogP contribution in [0.4, 0.5) is 8.78 Å². The van der Waals surface area contributed by atoms with Gasteiger partial charge in [-0.15, -0.1) is 22.7 Å². The third kappa shape index (κ3) is 12.5. The minimum absolute atomic E-state index is 0.0316. The van der Waals surface area contributed by atoms with E-state index in [-0.39, 0.29) is 79.1 Å². The van der Waals surface area contributed by atoms with Crippen molar-refractivity contribution in [2.45, 2.75) is 119 Å². The first-order chi connectivity index (χ1) is 38.1. The number of likely N-dealkylation sites (N-methyl/N-ethyl adjacent to an activating group) is 1. The summed E-state index contributed by atoms with van der Waals surface area (Å²) in [6, 6.07) is 7.09. The second-order valence-electron chi connectivity index (χ2n) is 20.9. The molecule has 4 saturated heterocycles. The lowest BCUT2D eigenvalue weighted by atomic mass is 9.91. The second kappa shape index (κ2) is 24.0. The highest BCUT2D eigenvalue weighted by molar-refractivity contribution is 7.52. The molecule has 21 nitrogen and oxygen atoms in total. The third-order valence-corrected chi connectivity index (χ3v) is 18.6. The molecule has 8 N–H and O–H groups in total. The van der Waals surface area contributed by atoms with Crippen molar-refractivity contribution in [2.24, 2.45) is 11.7 Å². The summed E-state index contributed by atoms with van der Waals surface area (Å²) < 4.78 is 41.0. The Morgan fingerprint density at radius 1 is 0.950 bits per heavy atom. The van der Waals surface area contributed by atoms with Crippen molar-refractivity contribution < 1.29 is 66.3 Å². The molecule has 9 rings (SSSR count). The molecule has 0 saturated carbocycles. The van der Waals surface area contributed by atoms with E-state index < -0.39 is 90.5 Å². The topological polar surface area (TPSA) is 298 Å². The number of alkyl halides is 2. The van der Waals surface area contributed by atoms with E-state index >= 15 is 0 Å². The smallest absolute Gasteiger partial charge is 0.370 e. The first kappa shape index (κ1) is 57.7. The molecule has 2 aromatic carbocycles.